The fraction of sp³-hybridized carbons (Fsp3) is 0.529. The Labute approximate surface area is 137 Å². The van der Waals surface area contributed by atoms with Gasteiger partial charge in [0.25, 0.3) is 5.91 Å². The Balaban J connectivity index is 2.05. The number of carbonyl (C=O) groups is 2. The van der Waals surface area contributed by atoms with E-state index in [1.165, 1.54) is 0 Å². The van der Waals surface area contributed by atoms with Gasteiger partial charge >= 0.3 is 0 Å². The van der Waals surface area contributed by atoms with Crippen LogP contribution in [0, 0.1) is 6.92 Å². The fourth-order valence-corrected chi connectivity index (χ4v) is 2.70. The summed E-state index contributed by atoms with van der Waals surface area (Å²) in [7, 11) is 1.62. The normalized spacial score (nSPS) is 14.1. The SMILES string of the molecule is COCCNCC(=O)Nc1cccc(C)c1C(=O)N1CCCC1. The predicted molar refractivity (Wildman–Crippen MR) is 89.7 cm³/mol. The number of rotatable bonds is 7. The molecule has 1 aliphatic rings. The van der Waals surface area contributed by atoms with Crippen molar-refractivity contribution in [2.24, 2.45) is 0 Å². The van der Waals surface area contributed by atoms with E-state index in [1.807, 2.05) is 24.0 Å². The summed E-state index contributed by atoms with van der Waals surface area (Å²) in [6.07, 6.45) is 2.09. The van der Waals surface area contributed by atoms with Gasteiger partial charge in [-0.15, -0.1) is 0 Å². The molecule has 1 aromatic rings. The smallest absolute Gasteiger partial charge is 0.256 e. The number of hydrogen-bond acceptors (Lipinski definition) is 4. The van der Waals surface area contributed by atoms with Crippen molar-refractivity contribution in [1.82, 2.24) is 10.2 Å². The van der Waals surface area contributed by atoms with Crippen molar-refractivity contribution >= 4 is 17.5 Å². The van der Waals surface area contributed by atoms with Gasteiger partial charge in [-0.2, -0.15) is 0 Å². The molecule has 2 amide bonds. The molecule has 0 spiro atoms. The Morgan fingerprint density at radius 1 is 1.26 bits per heavy atom. The van der Waals surface area contributed by atoms with Crippen LogP contribution in [0.1, 0.15) is 28.8 Å². The lowest BCUT2D eigenvalue weighted by Crippen LogP contribution is -2.32. The van der Waals surface area contributed by atoms with Crippen LogP contribution >= 0.6 is 0 Å². The zero-order valence-corrected chi connectivity index (χ0v) is 13.9. The Bertz CT molecular complexity index is 554. The van der Waals surface area contributed by atoms with E-state index < -0.39 is 0 Å². The molecule has 126 valence electrons. The van der Waals surface area contributed by atoms with Gasteiger partial charge in [0.05, 0.1) is 24.4 Å². The van der Waals surface area contributed by atoms with Crippen LogP contribution in [0.5, 0.6) is 0 Å². The quantitative estimate of drug-likeness (QED) is 0.746. The van der Waals surface area contributed by atoms with E-state index in [1.54, 1.807) is 13.2 Å². The number of hydrogen-bond donors (Lipinski definition) is 2. The first-order chi connectivity index (χ1) is 11.1. The highest BCUT2D eigenvalue weighted by molar-refractivity contribution is 6.05. The number of nitrogens with one attached hydrogen (secondary N) is 2. The molecule has 1 heterocycles. The lowest BCUT2D eigenvalue weighted by molar-refractivity contribution is -0.115. The molecule has 2 rings (SSSR count). The Morgan fingerprint density at radius 2 is 2.00 bits per heavy atom. The number of benzene rings is 1. The lowest BCUT2D eigenvalue weighted by Gasteiger charge is -2.19. The first kappa shape index (κ1) is 17.4. The van der Waals surface area contributed by atoms with Gasteiger partial charge < -0.3 is 20.3 Å². The largest absolute Gasteiger partial charge is 0.383 e. The molecule has 0 unspecified atom stereocenters. The van der Waals surface area contributed by atoms with Crippen molar-refractivity contribution in [2.45, 2.75) is 19.8 Å². The summed E-state index contributed by atoms with van der Waals surface area (Å²) >= 11 is 0. The molecule has 0 radical (unpaired) electrons. The average molecular weight is 319 g/mol. The number of carbonyl (C=O) groups excluding carboxylic acids is 2. The molecule has 6 nitrogen and oxygen atoms in total. The summed E-state index contributed by atoms with van der Waals surface area (Å²) in [5, 5.41) is 5.84. The van der Waals surface area contributed by atoms with Gasteiger partial charge in [0.1, 0.15) is 0 Å². The standard InChI is InChI=1S/C17H25N3O3/c1-13-6-5-7-14(19-15(21)12-18-8-11-23-2)16(13)17(22)20-9-3-4-10-20/h5-7,18H,3-4,8-12H2,1-2H3,(H,19,21). The van der Waals surface area contributed by atoms with Crippen molar-refractivity contribution in [3.8, 4) is 0 Å². The summed E-state index contributed by atoms with van der Waals surface area (Å²) in [5.74, 6) is -0.162. The zero-order valence-electron chi connectivity index (χ0n) is 13.9. The second-order valence-electron chi connectivity index (χ2n) is 5.71. The number of aryl methyl sites for hydroxylation is 1. The molecular formula is C17H25N3O3. The van der Waals surface area contributed by atoms with Crippen molar-refractivity contribution in [2.75, 3.05) is 45.2 Å². The van der Waals surface area contributed by atoms with Gasteiger partial charge in [-0.25, -0.2) is 0 Å². The third-order valence-corrected chi connectivity index (χ3v) is 3.92. The van der Waals surface area contributed by atoms with Gasteiger partial charge in [-0.1, -0.05) is 12.1 Å². The molecule has 0 bridgehead atoms. The molecule has 0 saturated carbocycles. The molecule has 1 saturated heterocycles. The van der Waals surface area contributed by atoms with Crippen LogP contribution in [0.25, 0.3) is 0 Å². The maximum atomic E-state index is 12.7. The monoisotopic (exact) mass is 319 g/mol. The van der Waals surface area contributed by atoms with E-state index in [-0.39, 0.29) is 18.4 Å². The maximum Gasteiger partial charge on any atom is 0.256 e. The summed E-state index contributed by atoms with van der Waals surface area (Å²) in [4.78, 5) is 26.6. The first-order valence-electron chi connectivity index (χ1n) is 8.02. The highest BCUT2D eigenvalue weighted by atomic mass is 16.5. The fourth-order valence-electron chi connectivity index (χ4n) is 2.70. The summed E-state index contributed by atoms with van der Waals surface area (Å²) < 4.78 is 4.92. The maximum absolute atomic E-state index is 12.7. The highest BCUT2D eigenvalue weighted by Gasteiger charge is 2.23. The Kier molecular flexibility index (Phi) is 6.55. The first-order valence-corrected chi connectivity index (χ1v) is 8.02. The van der Waals surface area contributed by atoms with Crippen molar-refractivity contribution < 1.29 is 14.3 Å². The summed E-state index contributed by atoms with van der Waals surface area (Å²) in [6.45, 7) is 4.83. The number of methoxy groups -OCH3 is 1. The van der Waals surface area contributed by atoms with Crippen LogP contribution in [-0.4, -0.2) is 56.6 Å². The molecular weight excluding hydrogens is 294 g/mol. The van der Waals surface area contributed by atoms with Gasteiger partial charge in [0.15, 0.2) is 0 Å². The van der Waals surface area contributed by atoms with E-state index in [9.17, 15) is 9.59 Å². The van der Waals surface area contributed by atoms with Gasteiger partial charge in [-0.05, 0) is 31.4 Å². The lowest BCUT2D eigenvalue weighted by atomic mass is 10.0. The molecule has 1 aliphatic heterocycles. The van der Waals surface area contributed by atoms with Crippen molar-refractivity contribution in [3.05, 3.63) is 29.3 Å². The second kappa shape index (κ2) is 8.64. The van der Waals surface area contributed by atoms with Gasteiger partial charge in [0.2, 0.25) is 5.91 Å². The highest BCUT2D eigenvalue weighted by Crippen LogP contribution is 2.23. The van der Waals surface area contributed by atoms with Gasteiger partial charge in [0, 0.05) is 26.7 Å². The van der Waals surface area contributed by atoms with Gasteiger partial charge in [-0.3, -0.25) is 9.59 Å². The third-order valence-electron chi connectivity index (χ3n) is 3.92. The second-order valence-corrected chi connectivity index (χ2v) is 5.71. The van der Waals surface area contributed by atoms with Crippen LogP contribution in [-0.2, 0) is 9.53 Å². The topological polar surface area (TPSA) is 70.7 Å². The van der Waals surface area contributed by atoms with E-state index in [4.69, 9.17) is 4.74 Å². The molecule has 1 fully saturated rings. The minimum Gasteiger partial charge on any atom is -0.383 e. The number of likely N-dealkylation sites (tertiary alicyclic amines) is 1. The van der Waals surface area contributed by atoms with Crippen molar-refractivity contribution in [1.29, 1.82) is 0 Å². The number of ether oxygens (including phenoxy) is 1. The van der Waals surface area contributed by atoms with Crippen molar-refractivity contribution in [3.63, 3.8) is 0 Å². The number of anilines is 1. The number of amides is 2. The average Bonchev–Trinajstić information content (AvgIpc) is 3.06. The third kappa shape index (κ3) is 4.77. The van der Waals surface area contributed by atoms with Crippen LogP contribution in [0.15, 0.2) is 18.2 Å². The van der Waals surface area contributed by atoms with Crippen LogP contribution in [0.3, 0.4) is 0 Å². The van der Waals surface area contributed by atoms with Crippen LogP contribution < -0.4 is 10.6 Å². The molecule has 1 aromatic carbocycles. The minimum absolute atomic E-state index is 0.00300. The number of nitrogens with zero attached hydrogens (tertiary/aromatic N) is 1. The summed E-state index contributed by atoms with van der Waals surface area (Å²) in [6, 6.07) is 5.53. The van der Waals surface area contributed by atoms with Crippen LogP contribution in [0.4, 0.5) is 5.69 Å². The molecule has 0 atom stereocenters. The molecule has 2 N–H and O–H groups in total. The molecule has 6 heteroatoms. The van der Waals surface area contributed by atoms with E-state index in [0.717, 1.165) is 31.5 Å². The summed E-state index contributed by atoms with van der Waals surface area (Å²) in [5.41, 5.74) is 2.06. The Morgan fingerprint density at radius 3 is 2.70 bits per heavy atom. The van der Waals surface area contributed by atoms with E-state index in [0.29, 0.717) is 24.4 Å². The molecule has 23 heavy (non-hydrogen) atoms. The Hall–Kier alpha value is -1.92. The minimum atomic E-state index is -0.165. The molecule has 0 aromatic heterocycles. The van der Waals surface area contributed by atoms with Crippen LogP contribution in [0.2, 0.25) is 0 Å². The van der Waals surface area contributed by atoms with E-state index in [2.05, 4.69) is 10.6 Å². The zero-order chi connectivity index (χ0) is 16.7. The van der Waals surface area contributed by atoms with E-state index >= 15 is 0 Å². The predicted octanol–water partition coefficient (Wildman–Crippen LogP) is 1.41. The molecule has 0 aliphatic carbocycles.